The maximum atomic E-state index is 12.4. The van der Waals surface area contributed by atoms with Crippen molar-refractivity contribution in [2.45, 2.75) is 6.92 Å². The number of hydrogen-bond acceptors (Lipinski definition) is 4. The Kier molecular flexibility index (Phi) is 4.77. The first-order valence-electron chi connectivity index (χ1n) is 6.77. The van der Waals surface area contributed by atoms with Gasteiger partial charge in [0.05, 0.1) is 12.7 Å². The minimum atomic E-state index is -0.101. The third-order valence-corrected chi connectivity index (χ3v) is 3.13. The van der Waals surface area contributed by atoms with Crippen molar-refractivity contribution in [1.29, 1.82) is 0 Å². The minimum absolute atomic E-state index is 0.101. The van der Waals surface area contributed by atoms with Crippen molar-refractivity contribution in [2.24, 2.45) is 0 Å². The molecule has 1 aromatic heterocycles. The van der Waals surface area contributed by atoms with E-state index in [1.54, 1.807) is 37.4 Å². The topological polar surface area (TPSA) is 54.5 Å². The van der Waals surface area contributed by atoms with Crippen LogP contribution in [0, 0.1) is 0 Å². The summed E-state index contributed by atoms with van der Waals surface area (Å²) in [5.41, 5.74) is 1.35. The van der Waals surface area contributed by atoms with E-state index in [1.807, 2.05) is 31.2 Å². The van der Waals surface area contributed by atoms with Gasteiger partial charge in [0.2, 0.25) is 0 Å². The van der Waals surface area contributed by atoms with E-state index in [2.05, 4.69) is 10.3 Å². The van der Waals surface area contributed by atoms with Crippen molar-refractivity contribution in [3.05, 3.63) is 48.2 Å². The molecule has 0 radical (unpaired) electrons. The highest BCUT2D eigenvalue weighted by Gasteiger charge is 2.13. The number of carbonyl (C=O) groups excluding carboxylic acids is 1. The molecule has 1 N–H and O–H groups in total. The quantitative estimate of drug-likeness (QED) is 0.917. The van der Waals surface area contributed by atoms with Gasteiger partial charge in [0, 0.05) is 25.5 Å². The average molecular weight is 285 g/mol. The van der Waals surface area contributed by atoms with Crippen LogP contribution in [0.1, 0.15) is 17.3 Å². The summed E-state index contributed by atoms with van der Waals surface area (Å²) < 4.78 is 5.11. The Morgan fingerprint density at radius 3 is 2.48 bits per heavy atom. The molecular weight excluding hydrogens is 266 g/mol. The average Bonchev–Trinajstić information content (AvgIpc) is 2.54. The standard InChI is InChI=1S/C16H19N3O2/c1-4-17-15-10-5-12(11-18-15)16(20)19(2)13-6-8-14(21-3)9-7-13/h5-11H,4H2,1-3H3,(H,17,18). The van der Waals surface area contributed by atoms with Gasteiger partial charge in [-0.25, -0.2) is 4.98 Å². The van der Waals surface area contributed by atoms with Crippen molar-refractivity contribution in [2.75, 3.05) is 30.9 Å². The Balaban J connectivity index is 2.13. The Bertz CT molecular complexity index is 594. The summed E-state index contributed by atoms with van der Waals surface area (Å²) >= 11 is 0. The van der Waals surface area contributed by atoms with Crippen molar-refractivity contribution < 1.29 is 9.53 Å². The van der Waals surface area contributed by atoms with Gasteiger partial charge >= 0.3 is 0 Å². The molecular formula is C16H19N3O2. The van der Waals surface area contributed by atoms with Crippen LogP contribution in [0.5, 0.6) is 5.75 Å². The fourth-order valence-electron chi connectivity index (χ4n) is 1.92. The number of pyridine rings is 1. The second kappa shape index (κ2) is 6.74. The second-order valence-electron chi connectivity index (χ2n) is 4.52. The van der Waals surface area contributed by atoms with Gasteiger partial charge in [0.15, 0.2) is 0 Å². The van der Waals surface area contributed by atoms with Gasteiger partial charge in [0.25, 0.3) is 5.91 Å². The van der Waals surface area contributed by atoms with Crippen LogP contribution < -0.4 is 15.0 Å². The molecule has 5 heteroatoms. The van der Waals surface area contributed by atoms with Gasteiger partial charge in [-0.2, -0.15) is 0 Å². The number of rotatable bonds is 5. The molecule has 0 aliphatic heterocycles. The molecule has 0 unspecified atom stereocenters. The van der Waals surface area contributed by atoms with Crippen LogP contribution >= 0.6 is 0 Å². The molecule has 1 heterocycles. The maximum absolute atomic E-state index is 12.4. The van der Waals surface area contributed by atoms with Crippen LogP contribution in [-0.4, -0.2) is 31.6 Å². The molecule has 0 atom stereocenters. The minimum Gasteiger partial charge on any atom is -0.497 e. The summed E-state index contributed by atoms with van der Waals surface area (Å²) in [6.07, 6.45) is 1.58. The second-order valence-corrected chi connectivity index (χ2v) is 4.52. The predicted molar refractivity (Wildman–Crippen MR) is 84.1 cm³/mol. The first-order chi connectivity index (χ1) is 10.2. The van der Waals surface area contributed by atoms with E-state index in [0.717, 1.165) is 23.8 Å². The monoisotopic (exact) mass is 285 g/mol. The number of benzene rings is 1. The van der Waals surface area contributed by atoms with Crippen molar-refractivity contribution in [3.63, 3.8) is 0 Å². The number of nitrogens with zero attached hydrogens (tertiary/aromatic N) is 2. The van der Waals surface area contributed by atoms with Crippen LogP contribution in [0.2, 0.25) is 0 Å². The highest BCUT2D eigenvalue weighted by atomic mass is 16.5. The summed E-state index contributed by atoms with van der Waals surface area (Å²) in [4.78, 5) is 18.2. The number of hydrogen-bond donors (Lipinski definition) is 1. The summed E-state index contributed by atoms with van der Waals surface area (Å²) in [5.74, 6) is 1.42. The van der Waals surface area contributed by atoms with Gasteiger partial charge in [-0.1, -0.05) is 0 Å². The molecule has 0 spiro atoms. The molecule has 21 heavy (non-hydrogen) atoms. The summed E-state index contributed by atoms with van der Waals surface area (Å²) in [5, 5.41) is 3.10. The number of anilines is 2. The van der Waals surface area contributed by atoms with Crippen LogP contribution in [0.15, 0.2) is 42.6 Å². The zero-order chi connectivity index (χ0) is 15.2. The first-order valence-corrected chi connectivity index (χ1v) is 6.77. The molecule has 5 nitrogen and oxygen atoms in total. The Morgan fingerprint density at radius 1 is 1.24 bits per heavy atom. The lowest BCUT2D eigenvalue weighted by Crippen LogP contribution is -2.26. The van der Waals surface area contributed by atoms with Crippen LogP contribution in [-0.2, 0) is 0 Å². The Morgan fingerprint density at radius 2 is 1.95 bits per heavy atom. The zero-order valence-electron chi connectivity index (χ0n) is 12.5. The largest absolute Gasteiger partial charge is 0.497 e. The van der Waals surface area contributed by atoms with Gasteiger partial charge in [0.1, 0.15) is 11.6 Å². The lowest BCUT2D eigenvalue weighted by Gasteiger charge is -2.17. The summed E-state index contributed by atoms with van der Waals surface area (Å²) in [7, 11) is 3.35. The molecule has 0 aliphatic rings. The molecule has 0 bridgehead atoms. The number of aromatic nitrogens is 1. The summed E-state index contributed by atoms with van der Waals surface area (Å²) in [6.45, 7) is 2.80. The molecule has 2 rings (SSSR count). The van der Waals surface area contributed by atoms with E-state index in [1.165, 1.54) is 0 Å². The number of ether oxygens (including phenoxy) is 1. The lowest BCUT2D eigenvalue weighted by molar-refractivity contribution is 0.0992. The molecule has 0 fully saturated rings. The molecule has 110 valence electrons. The first kappa shape index (κ1) is 14.8. The van der Waals surface area contributed by atoms with Crippen molar-refractivity contribution in [3.8, 4) is 5.75 Å². The zero-order valence-corrected chi connectivity index (χ0v) is 12.5. The van der Waals surface area contributed by atoms with E-state index >= 15 is 0 Å². The smallest absolute Gasteiger partial charge is 0.259 e. The highest BCUT2D eigenvalue weighted by Crippen LogP contribution is 2.20. The predicted octanol–water partition coefficient (Wildman–Crippen LogP) is 2.80. The molecule has 2 aromatic rings. The fraction of sp³-hybridized carbons (Fsp3) is 0.250. The maximum Gasteiger partial charge on any atom is 0.259 e. The van der Waals surface area contributed by atoms with E-state index in [-0.39, 0.29) is 5.91 Å². The van der Waals surface area contributed by atoms with Crippen molar-refractivity contribution >= 4 is 17.4 Å². The van der Waals surface area contributed by atoms with Gasteiger partial charge < -0.3 is 15.0 Å². The van der Waals surface area contributed by atoms with E-state index in [0.29, 0.717) is 5.56 Å². The Hall–Kier alpha value is -2.56. The van der Waals surface area contributed by atoms with E-state index in [4.69, 9.17) is 4.74 Å². The van der Waals surface area contributed by atoms with Crippen LogP contribution in [0.4, 0.5) is 11.5 Å². The molecule has 0 saturated carbocycles. The molecule has 0 aliphatic carbocycles. The number of carbonyl (C=O) groups is 1. The van der Waals surface area contributed by atoms with Crippen LogP contribution in [0.25, 0.3) is 0 Å². The SMILES string of the molecule is CCNc1ccc(C(=O)N(C)c2ccc(OC)cc2)cn1. The number of nitrogens with one attached hydrogen (secondary N) is 1. The lowest BCUT2D eigenvalue weighted by atomic mass is 10.2. The van der Waals surface area contributed by atoms with Crippen molar-refractivity contribution in [1.82, 2.24) is 4.98 Å². The summed E-state index contributed by atoms with van der Waals surface area (Å²) in [6, 6.07) is 10.9. The van der Waals surface area contributed by atoms with E-state index < -0.39 is 0 Å². The third-order valence-electron chi connectivity index (χ3n) is 3.13. The molecule has 1 aromatic carbocycles. The fourth-order valence-corrected chi connectivity index (χ4v) is 1.92. The number of amides is 1. The number of methoxy groups -OCH3 is 1. The van der Waals surface area contributed by atoms with Crippen LogP contribution in [0.3, 0.4) is 0 Å². The normalized spacial score (nSPS) is 10.0. The molecule has 0 saturated heterocycles. The highest BCUT2D eigenvalue weighted by molar-refractivity contribution is 6.05. The van der Waals surface area contributed by atoms with Gasteiger partial charge in [-0.05, 0) is 43.3 Å². The van der Waals surface area contributed by atoms with E-state index in [9.17, 15) is 4.79 Å². The third kappa shape index (κ3) is 3.51. The van der Waals surface area contributed by atoms with Gasteiger partial charge in [-0.15, -0.1) is 0 Å². The Labute approximate surface area is 124 Å². The molecule has 1 amide bonds. The van der Waals surface area contributed by atoms with Gasteiger partial charge in [-0.3, -0.25) is 4.79 Å².